The summed E-state index contributed by atoms with van der Waals surface area (Å²) in [5.74, 6) is 1.57. The number of ether oxygens (including phenoxy) is 1. The molecule has 2 aromatic carbocycles. The van der Waals surface area contributed by atoms with Crippen LogP contribution < -0.4 is 15.8 Å². The van der Waals surface area contributed by atoms with Gasteiger partial charge in [0.1, 0.15) is 5.75 Å². The largest absolute Gasteiger partial charge is 0.497 e. The molecule has 7 heteroatoms. The number of amides is 1. The molecule has 1 aromatic heterocycles. The lowest BCUT2D eigenvalue weighted by atomic mass is 10.0. The van der Waals surface area contributed by atoms with Crippen LogP contribution >= 0.6 is 0 Å². The highest BCUT2D eigenvalue weighted by Crippen LogP contribution is 2.23. The number of nitrogens with zero attached hydrogens (tertiary/aromatic N) is 2. The zero-order chi connectivity index (χ0) is 19.2. The predicted molar refractivity (Wildman–Crippen MR) is 101 cm³/mol. The van der Waals surface area contributed by atoms with E-state index in [1.165, 1.54) is 6.92 Å². The number of benzene rings is 2. The second-order valence-corrected chi connectivity index (χ2v) is 6.14. The second kappa shape index (κ2) is 8.46. The molecule has 3 aromatic rings. The Bertz CT molecular complexity index is 888. The van der Waals surface area contributed by atoms with Gasteiger partial charge in [0.2, 0.25) is 17.6 Å². The first-order chi connectivity index (χ1) is 13.1. The molecule has 0 aliphatic rings. The normalized spacial score (nSPS) is 11.8. The van der Waals surface area contributed by atoms with Gasteiger partial charge >= 0.3 is 0 Å². The first kappa shape index (κ1) is 18.6. The van der Waals surface area contributed by atoms with Crippen molar-refractivity contribution in [1.29, 1.82) is 0 Å². The number of aromatic nitrogens is 2. The van der Waals surface area contributed by atoms with Crippen molar-refractivity contribution in [2.75, 3.05) is 7.11 Å². The van der Waals surface area contributed by atoms with Gasteiger partial charge in [-0.25, -0.2) is 0 Å². The van der Waals surface area contributed by atoms with Crippen molar-refractivity contribution in [2.24, 2.45) is 5.73 Å². The Morgan fingerprint density at radius 3 is 2.48 bits per heavy atom. The number of hydrogen-bond acceptors (Lipinski definition) is 6. The zero-order valence-corrected chi connectivity index (χ0v) is 15.3. The summed E-state index contributed by atoms with van der Waals surface area (Å²) in [7, 11) is 1.61. The van der Waals surface area contributed by atoms with Crippen LogP contribution in [-0.2, 0) is 17.8 Å². The van der Waals surface area contributed by atoms with E-state index in [1.807, 2.05) is 48.5 Å². The molecule has 0 radical (unpaired) electrons. The summed E-state index contributed by atoms with van der Waals surface area (Å²) in [6, 6.07) is 14.9. The third-order valence-corrected chi connectivity index (χ3v) is 4.19. The lowest BCUT2D eigenvalue weighted by molar-refractivity contribution is -0.119. The topological polar surface area (TPSA) is 103 Å². The van der Waals surface area contributed by atoms with E-state index in [9.17, 15) is 4.79 Å². The lowest BCUT2D eigenvalue weighted by Gasteiger charge is -2.16. The Hall–Kier alpha value is -3.19. The second-order valence-electron chi connectivity index (χ2n) is 6.14. The summed E-state index contributed by atoms with van der Waals surface area (Å²) in [4.78, 5) is 16.1. The minimum atomic E-state index is -0.277. The van der Waals surface area contributed by atoms with Crippen LogP contribution in [0.1, 0.15) is 30.0 Å². The Labute approximate surface area is 157 Å². The van der Waals surface area contributed by atoms with Crippen LogP contribution in [0.2, 0.25) is 0 Å². The molecule has 1 amide bonds. The van der Waals surface area contributed by atoms with Crippen LogP contribution in [0.5, 0.6) is 5.75 Å². The van der Waals surface area contributed by atoms with Gasteiger partial charge in [-0.15, -0.1) is 0 Å². The van der Waals surface area contributed by atoms with Gasteiger partial charge in [-0.05, 0) is 23.3 Å². The number of carbonyl (C=O) groups excluding carboxylic acids is 1. The molecule has 1 atom stereocenters. The predicted octanol–water partition coefficient (Wildman–Crippen LogP) is 2.62. The van der Waals surface area contributed by atoms with Crippen LogP contribution in [0.15, 0.2) is 53.1 Å². The van der Waals surface area contributed by atoms with Crippen LogP contribution in [-0.4, -0.2) is 23.2 Å². The molecule has 0 bridgehead atoms. The maximum Gasteiger partial charge on any atom is 0.229 e. The van der Waals surface area contributed by atoms with Crippen molar-refractivity contribution in [3.8, 4) is 17.1 Å². The fourth-order valence-electron chi connectivity index (χ4n) is 2.75. The van der Waals surface area contributed by atoms with Crippen molar-refractivity contribution in [3.05, 3.63) is 65.5 Å². The van der Waals surface area contributed by atoms with E-state index in [4.69, 9.17) is 15.0 Å². The van der Waals surface area contributed by atoms with Crippen molar-refractivity contribution < 1.29 is 14.1 Å². The van der Waals surface area contributed by atoms with E-state index in [0.717, 1.165) is 22.4 Å². The van der Waals surface area contributed by atoms with E-state index in [2.05, 4.69) is 15.5 Å². The molecule has 1 unspecified atom stereocenters. The Kier molecular flexibility index (Phi) is 5.83. The Balaban J connectivity index is 1.79. The fraction of sp³-hybridized carbons (Fsp3) is 0.250. The van der Waals surface area contributed by atoms with Gasteiger partial charge in [-0.2, -0.15) is 4.98 Å². The summed E-state index contributed by atoms with van der Waals surface area (Å²) < 4.78 is 10.6. The van der Waals surface area contributed by atoms with Gasteiger partial charge in [0.05, 0.1) is 19.6 Å². The van der Waals surface area contributed by atoms with E-state index in [1.54, 1.807) is 7.11 Å². The number of nitrogens with one attached hydrogen (secondary N) is 1. The summed E-state index contributed by atoms with van der Waals surface area (Å²) in [5.41, 5.74) is 8.43. The average Bonchev–Trinajstić information content (AvgIpc) is 3.16. The van der Waals surface area contributed by atoms with Crippen molar-refractivity contribution in [2.45, 2.75) is 25.9 Å². The molecule has 27 heavy (non-hydrogen) atoms. The van der Waals surface area contributed by atoms with Crippen LogP contribution in [0, 0.1) is 0 Å². The van der Waals surface area contributed by atoms with Gasteiger partial charge in [-0.3, -0.25) is 4.79 Å². The molecule has 0 fully saturated rings. The highest BCUT2D eigenvalue weighted by atomic mass is 16.5. The third-order valence-electron chi connectivity index (χ3n) is 4.19. The summed E-state index contributed by atoms with van der Waals surface area (Å²) in [6.07, 6.45) is 0.389. The molecule has 7 nitrogen and oxygen atoms in total. The van der Waals surface area contributed by atoms with Gasteiger partial charge in [0.15, 0.2) is 0 Å². The molecule has 140 valence electrons. The molecule has 0 spiro atoms. The number of methoxy groups -OCH3 is 1. The number of nitrogens with two attached hydrogens (primary N) is 1. The minimum absolute atomic E-state index is 0.132. The molecule has 0 aliphatic carbocycles. The van der Waals surface area contributed by atoms with E-state index >= 15 is 0 Å². The van der Waals surface area contributed by atoms with Crippen LogP contribution in [0.25, 0.3) is 11.4 Å². The molecular weight excluding hydrogens is 344 g/mol. The van der Waals surface area contributed by atoms with Crippen molar-refractivity contribution in [3.63, 3.8) is 0 Å². The van der Waals surface area contributed by atoms with E-state index < -0.39 is 0 Å². The van der Waals surface area contributed by atoms with E-state index in [-0.39, 0.29) is 11.9 Å². The van der Waals surface area contributed by atoms with Gasteiger partial charge in [0, 0.05) is 19.0 Å². The first-order valence-electron chi connectivity index (χ1n) is 8.62. The average molecular weight is 366 g/mol. The zero-order valence-electron chi connectivity index (χ0n) is 15.3. The SMILES string of the molecule is COc1ccc(C(Cc2nc(-c3ccc(CN)cc3)no2)NC(C)=O)cc1. The van der Waals surface area contributed by atoms with Crippen molar-refractivity contribution in [1.82, 2.24) is 15.5 Å². The summed E-state index contributed by atoms with van der Waals surface area (Å²) in [5, 5.41) is 6.97. The maximum absolute atomic E-state index is 11.6. The molecule has 0 saturated carbocycles. The van der Waals surface area contributed by atoms with Crippen LogP contribution in [0.3, 0.4) is 0 Å². The van der Waals surface area contributed by atoms with Crippen LogP contribution in [0.4, 0.5) is 0 Å². The fourth-order valence-corrected chi connectivity index (χ4v) is 2.75. The lowest BCUT2D eigenvalue weighted by Crippen LogP contribution is -2.27. The Morgan fingerprint density at radius 2 is 1.89 bits per heavy atom. The third kappa shape index (κ3) is 4.71. The molecule has 3 rings (SSSR count). The number of rotatable bonds is 7. The monoisotopic (exact) mass is 366 g/mol. The molecule has 0 aliphatic heterocycles. The maximum atomic E-state index is 11.6. The minimum Gasteiger partial charge on any atom is -0.497 e. The summed E-state index contributed by atoms with van der Waals surface area (Å²) >= 11 is 0. The van der Waals surface area contributed by atoms with Gasteiger partial charge in [-0.1, -0.05) is 41.6 Å². The molecule has 0 saturated heterocycles. The molecular formula is C20H22N4O3. The smallest absolute Gasteiger partial charge is 0.229 e. The number of hydrogen-bond donors (Lipinski definition) is 2. The van der Waals surface area contributed by atoms with Crippen molar-refractivity contribution >= 4 is 5.91 Å². The van der Waals surface area contributed by atoms with E-state index in [0.29, 0.717) is 24.7 Å². The quantitative estimate of drug-likeness (QED) is 0.666. The highest BCUT2D eigenvalue weighted by molar-refractivity contribution is 5.73. The van der Waals surface area contributed by atoms with Gasteiger partial charge in [0.25, 0.3) is 0 Å². The Morgan fingerprint density at radius 1 is 1.19 bits per heavy atom. The highest BCUT2D eigenvalue weighted by Gasteiger charge is 2.18. The molecule has 1 heterocycles. The van der Waals surface area contributed by atoms with Gasteiger partial charge < -0.3 is 20.3 Å². The number of carbonyl (C=O) groups is 1. The molecule has 3 N–H and O–H groups in total. The standard InChI is InChI=1S/C20H22N4O3/c1-13(25)22-18(15-7-9-17(26-2)10-8-15)11-19-23-20(24-27-19)16-5-3-14(12-21)4-6-16/h3-10,18H,11-12,21H2,1-2H3,(H,22,25). The first-order valence-corrected chi connectivity index (χ1v) is 8.62. The summed E-state index contributed by atoms with van der Waals surface area (Å²) in [6.45, 7) is 1.97.